The van der Waals surface area contributed by atoms with Gasteiger partial charge in [0, 0.05) is 18.2 Å². The van der Waals surface area contributed by atoms with Crippen LogP contribution in [0.2, 0.25) is 0 Å². The molecule has 5 nitrogen and oxygen atoms in total. The number of aryl methyl sites for hydroxylation is 1. The van der Waals surface area contributed by atoms with Gasteiger partial charge in [-0.1, -0.05) is 42.5 Å². The fourth-order valence-electron chi connectivity index (χ4n) is 2.15. The van der Waals surface area contributed by atoms with Crippen LogP contribution >= 0.6 is 12.6 Å². The SMILES string of the molecule is O=C(O)CCc1ccc(C(S)CNS(=O)(=O)c2ccccc2)cc1. The number of nitrogens with one attached hydrogen (secondary N) is 1. The molecule has 128 valence electrons. The lowest BCUT2D eigenvalue weighted by molar-refractivity contribution is -0.136. The van der Waals surface area contributed by atoms with Crippen LogP contribution in [0.3, 0.4) is 0 Å². The first kappa shape index (κ1) is 18.5. The predicted octanol–water partition coefficient (Wildman–Crippen LogP) is 2.65. The van der Waals surface area contributed by atoms with Crippen molar-refractivity contribution in [1.29, 1.82) is 0 Å². The Kier molecular flexibility index (Phi) is 6.42. The van der Waals surface area contributed by atoms with Gasteiger partial charge in [-0.05, 0) is 29.7 Å². The largest absolute Gasteiger partial charge is 0.481 e. The van der Waals surface area contributed by atoms with E-state index in [1.807, 2.05) is 24.3 Å². The molecule has 7 heteroatoms. The Balaban J connectivity index is 1.95. The lowest BCUT2D eigenvalue weighted by Crippen LogP contribution is -2.27. The molecule has 0 radical (unpaired) electrons. The molecule has 0 heterocycles. The van der Waals surface area contributed by atoms with Crippen LogP contribution in [0.15, 0.2) is 59.5 Å². The van der Waals surface area contributed by atoms with Gasteiger partial charge in [0.1, 0.15) is 0 Å². The van der Waals surface area contributed by atoms with Crippen LogP contribution in [-0.2, 0) is 21.2 Å². The molecule has 0 saturated heterocycles. The number of rotatable bonds is 8. The molecule has 0 aliphatic carbocycles. The summed E-state index contributed by atoms with van der Waals surface area (Å²) in [6, 6.07) is 15.5. The molecule has 0 bridgehead atoms. The van der Waals surface area contributed by atoms with Crippen LogP contribution in [-0.4, -0.2) is 26.0 Å². The van der Waals surface area contributed by atoms with Gasteiger partial charge in [-0.25, -0.2) is 13.1 Å². The molecular formula is C17H19NO4S2. The first-order valence-corrected chi connectivity index (χ1v) is 9.42. The predicted molar refractivity (Wildman–Crippen MR) is 95.8 cm³/mol. The molecule has 0 aliphatic heterocycles. The van der Waals surface area contributed by atoms with E-state index in [1.54, 1.807) is 18.2 Å². The van der Waals surface area contributed by atoms with Gasteiger partial charge in [0.05, 0.1) is 4.90 Å². The van der Waals surface area contributed by atoms with E-state index >= 15 is 0 Å². The molecule has 2 aromatic rings. The van der Waals surface area contributed by atoms with Crippen LogP contribution in [0, 0.1) is 0 Å². The van der Waals surface area contributed by atoms with Crippen molar-refractivity contribution in [2.45, 2.75) is 23.0 Å². The zero-order valence-corrected chi connectivity index (χ0v) is 14.6. The number of hydrogen-bond donors (Lipinski definition) is 3. The standard InChI is InChI=1S/C17H19NO4S2/c19-17(20)11-8-13-6-9-14(10-7-13)16(23)12-18-24(21,22)15-4-2-1-3-5-15/h1-7,9-10,16,18,23H,8,11-12H2,(H,19,20). The van der Waals surface area contributed by atoms with E-state index < -0.39 is 16.0 Å². The summed E-state index contributed by atoms with van der Waals surface area (Å²) < 4.78 is 26.9. The molecule has 0 aromatic heterocycles. The van der Waals surface area contributed by atoms with Gasteiger partial charge < -0.3 is 5.11 Å². The van der Waals surface area contributed by atoms with E-state index in [4.69, 9.17) is 5.11 Å². The quantitative estimate of drug-likeness (QED) is 0.628. The maximum absolute atomic E-state index is 12.2. The number of benzene rings is 2. The van der Waals surface area contributed by atoms with Crippen LogP contribution in [0.1, 0.15) is 22.8 Å². The number of aliphatic carboxylic acids is 1. The first-order chi connectivity index (χ1) is 11.4. The number of hydrogen-bond acceptors (Lipinski definition) is 4. The first-order valence-electron chi connectivity index (χ1n) is 7.42. The summed E-state index contributed by atoms with van der Waals surface area (Å²) in [7, 11) is -3.55. The maximum atomic E-state index is 12.2. The van der Waals surface area contributed by atoms with E-state index in [2.05, 4.69) is 17.4 Å². The zero-order chi connectivity index (χ0) is 17.6. The van der Waals surface area contributed by atoms with Crippen LogP contribution < -0.4 is 4.72 Å². The Morgan fingerprint density at radius 1 is 1.08 bits per heavy atom. The van der Waals surface area contributed by atoms with Gasteiger partial charge in [0.15, 0.2) is 0 Å². The van der Waals surface area contributed by atoms with E-state index in [-0.39, 0.29) is 23.1 Å². The van der Waals surface area contributed by atoms with Gasteiger partial charge in [0.2, 0.25) is 10.0 Å². The highest BCUT2D eigenvalue weighted by Crippen LogP contribution is 2.21. The second kappa shape index (κ2) is 8.32. The van der Waals surface area contributed by atoms with Crippen molar-refractivity contribution in [3.8, 4) is 0 Å². The van der Waals surface area contributed by atoms with Crippen molar-refractivity contribution in [1.82, 2.24) is 4.72 Å². The summed E-state index contributed by atoms with van der Waals surface area (Å²) in [4.78, 5) is 10.8. The highest BCUT2D eigenvalue weighted by Gasteiger charge is 2.15. The summed E-state index contributed by atoms with van der Waals surface area (Å²) in [5.41, 5.74) is 1.79. The summed E-state index contributed by atoms with van der Waals surface area (Å²) in [5, 5.41) is 8.39. The molecule has 0 amide bonds. The number of carboxylic acid groups (broad SMARTS) is 1. The zero-order valence-electron chi connectivity index (χ0n) is 12.9. The molecule has 2 aromatic carbocycles. The average Bonchev–Trinajstić information content (AvgIpc) is 2.59. The van der Waals surface area contributed by atoms with Crippen molar-refractivity contribution >= 4 is 28.6 Å². The third-order valence-corrected chi connectivity index (χ3v) is 5.43. The second-order valence-electron chi connectivity index (χ2n) is 5.32. The molecule has 2 rings (SSSR count). The average molecular weight is 365 g/mol. The van der Waals surface area contributed by atoms with Gasteiger partial charge in [-0.3, -0.25) is 4.79 Å². The molecule has 2 N–H and O–H groups in total. The number of thiol groups is 1. The van der Waals surface area contributed by atoms with E-state index in [0.717, 1.165) is 11.1 Å². The van der Waals surface area contributed by atoms with E-state index in [1.165, 1.54) is 12.1 Å². The third-order valence-electron chi connectivity index (χ3n) is 3.51. The molecule has 0 aliphatic rings. The molecule has 1 unspecified atom stereocenters. The minimum atomic E-state index is -3.55. The number of carboxylic acids is 1. The fourth-order valence-corrected chi connectivity index (χ4v) is 3.60. The topological polar surface area (TPSA) is 83.5 Å². The third kappa shape index (κ3) is 5.36. The molecular weight excluding hydrogens is 346 g/mol. The van der Waals surface area contributed by atoms with Gasteiger partial charge >= 0.3 is 5.97 Å². The van der Waals surface area contributed by atoms with Crippen molar-refractivity contribution in [2.75, 3.05) is 6.54 Å². The van der Waals surface area contributed by atoms with Crippen LogP contribution in [0.4, 0.5) is 0 Å². The lowest BCUT2D eigenvalue weighted by atomic mass is 10.1. The Labute approximate surface area is 147 Å². The Hall–Kier alpha value is -1.83. The normalized spacial score (nSPS) is 12.7. The molecule has 24 heavy (non-hydrogen) atoms. The van der Waals surface area contributed by atoms with E-state index in [9.17, 15) is 13.2 Å². The van der Waals surface area contributed by atoms with Gasteiger partial charge in [-0.2, -0.15) is 12.6 Å². The van der Waals surface area contributed by atoms with Crippen molar-refractivity contribution in [2.24, 2.45) is 0 Å². The Morgan fingerprint density at radius 2 is 1.71 bits per heavy atom. The van der Waals surface area contributed by atoms with Crippen molar-refractivity contribution in [3.63, 3.8) is 0 Å². The minimum Gasteiger partial charge on any atom is -0.481 e. The molecule has 1 atom stereocenters. The summed E-state index contributed by atoms with van der Waals surface area (Å²) in [6.07, 6.45) is 0.550. The van der Waals surface area contributed by atoms with Gasteiger partial charge in [0.25, 0.3) is 0 Å². The number of carbonyl (C=O) groups is 1. The maximum Gasteiger partial charge on any atom is 0.303 e. The summed E-state index contributed by atoms with van der Waals surface area (Å²) in [5.74, 6) is -0.832. The monoisotopic (exact) mass is 365 g/mol. The van der Waals surface area contributed by atoms with Crippen LogP contribution in [0.5, 0.6) is 0 Å². The summed E-state index contributed by atoms with van der Waals surface area (Å²) >= 11 is 4.44. The van der Waals surface area contributed by atoms with Gasteiger partial charge in [-0.15, -0.1) is 0 Å². The molecule has 0 fully saturated rings. The van der Waals surface area contributed by atoms with Crippen LogP contribution in [0.25, 0.3) is 0 Å². The summed E-state index contributed by atoms with van der Waals surface area (Å²) in [6.45, 7) is 0.162. The van der Waals surface area contributed by atoms with Crippen molar-refractivity contribution in [3.05, 3.63) is 65.7 Å². The fraction of sp³-hybridized carbons (Fsp3) is 0.235. The molecule has 0 spiro atoms. The van der Waals surface area contributed by atoms with Crippen molar-refractivity contribution < 1.29 is 18.3 Å². The number of sulfonamides is 1. The molecule has 0 saturated carbocycles. The second-order valence-corrected chi connectivity index (χ2v) is 7.71. The smallest absolute Gasteiger partial charge is 0.303 e. The highest BCUT2D eigenvalue weighted by atomic mass is 32.2. The highest BCUT2D eigenvalue weighted by molar-refractivity contribution is 7.89. The van der Waals surface area contributed by atoms with E-state index in [0.29, 0.717) is 6.42 Å². The Bertz CT molecular complexity index is 774. The lowest BCUT2D eigenvalue weighted by Gasteiger charge is -2.13. The Morgan fingerprint density at radius 3 is 2.29 bits per heavy atom. The minimum absolute atomic E-state index is 0.0839.